The number of unbranched alkanes of at least 4 members (excludes halogenated alkanes) is 11. The Balaban J connectivity index is 3.60. The molecule has 174 valence electrons. The summed E-state index contributed by atoms with van der Waals surface area (Å²) in [5, 5.41) is 11.6. The molecule has 0 unspecified atom stereocenters. The van der Waals surface area contributed by atoms with Gasteiger partial charge in [0.1, 0.15) is 6.04 Å². The van der Waals surface area contributed by atoms with Gasteiger partial charge in [-0.05, 0) is 38.5 Å². The molecule has 0 aromatic rings. The first kappa shape index (κ1) is 28.1. The first-order valence-corrected chi connectivity index (χ1v) is 11.7. The highest BCUT2D eigenvalue weighted by Crippen LogP contribution is 2.10. The van der Waals surface area contributed by atoms with E-state index in [-0.39, 0.29) is 18.7 Å². The molecule has 6 heteroatoms. The highest BCUT2D eigenvalue weighted by molar-refractivity contribution is 5.83. The number of amides is 1. The van der Waals surface area contributed by atoms with E-state index in [2.05, 4.69) is 29.1 Å². The van der Waals surface area contributed by atoms with E-state index in [9.17, 15) is 14.4 Å². The number of carboxylic acids is 1. The van der Waals surface area contributed by atoms with E-state index in [1.165, 1.54) is 58.5 Å². The van der Waals surface area contributed by atoms with Crippen LogP contribution in [0.2, 0.25) is 0 Å². The molecule has 0 saturated carbocycles. The van der Waals surface area contributed by atoms with E-state index < -0.39 is 18.0 Å². The molecule has 0 aliphatic heterocycles. The number of carboxylic acid groups (broad SMARTS) is 1. The highest BCUT2D eigenvalue weighted by Gasteiger charge is 2.20. The number of rotatable bonds is 20. The second kappa shape index (κ2) is 20.4. The van der Waals surface area contributed by atoms with E-state index in [4.69, 9.17) is 5.11 Å². The van der Waals surface area contributed by atoms with Crippen molar-refractivity contribution < 1.29 is 24.2 Å². The summed E-state index contributed by atoms with van der Waals surface area (Å²) in [7, 11) is 1.25. The molecule has 0 spiro atoms. The minimum atomic E-state index is -1.13. The largest absolute Gasteiger partial charge is 0.480 e. The first-order valence-electron chi connectivity index (χ1n) is 11.7. The number of methoxy groups -OCH3 is 1. The van der Waals surface area contributed by atoms with Crippen LogP contribution in [0.15, 0.2) is 12.2 Å². The first-order chi connectivity index (χ1) is 14.5. The number of esters is 1. The molecule has 2 N–H and O–H groups in total. The van der Waals surface area contributed by atoms with Crippen molar-refractivity contribution in [2.24, 2.45) is 0 Å². The van der Waals surface area contributed by atoms with Crippen LogP contribution in [-0.4, -0.2) is 36.1 Å². The fourth-order valence-electron chi connectivity index (χ4n) is 3.24. The summed E-state index contributed by atoms with van der Waals surface area (Å²) >= 11 is 0. The molecule has 0 heterocycles. The maximum atomic E-state index is 11.9. The molecule has 0 rings (SSSR count). The number of aliphatic carboxylic acids is 1. The van der Waals surface area contributed by atoms with Crippen LogP contribution < -0.4 is 5.32 Å². The Hall–Kier alpha value is -1.85. The SMILES string of the molecule is CCCCCCCC/C=C\CCCCCCCC(=O)N[C@@H](CCC(=O)OC)C(=O)O. The van der Waals surface area contributed by atoms with Crippen LogP contribution in [0.4, 0.5) is 0 Å². The van der Waals surface area contributed by atoms with Gasteiger partial charge in [-0.25, -0.2) is 4.79 Å². The molecule has 0 bridgehead atoms. The maximum absolute atomic E-state index is 11.9. The Kier molecular flexibility index (Phi) is 19.2. The van der Waals surface area contributed by atoms with Gasteiger partial charge in [0.2, 0.25) is 5.91 Å². The van der Waals surface area contributed by atoms with Gasteiger partial charge in [-0.2, -0.15) is 0 Å². The van der Waals surface area contributed by atoms with E-state index in [1.54, 1.807) is 0 Å². The van der Waals surface area contributed by atoms with Crippen LogP contribution in [-0.2, 0) is 19.1 Å². The molecule has 1 amide bonds. The normalized spacial score (nSPS) is 12.1. The van der Waals surface area contributed by atoms with Gasteiger partial charge in [-0.1, -0.05) is 70.4 Å². The zero-order chi connectivity index (χ0) is 22.5. The fourth-order valence-corrected chi connectivity index (χ4v) is 3.24. The average Bonchev–Trinajstić information content (AvgIpc) is 2.73. The number of carbonyl (C=O) groups is 3. The van der Waals surface area contributed by atoms with Crippen molar-refractivity contribution in [1.29, 1.82) is 0 Å². The van der Waals surface area contributed by atoms with E-state index >= 15 is 0 Å². The minimum Gasteiger partial charge on any atom is -0.480 e. The van der Waals surface area contributed by atoms with Crippen molar-refractivity contribution in [3.05, 3.63) is 12.2 Å². The Bertz CT molecular complexity index is 490. The summed E-state index contributed by atoms with van der Waals surface area (Å²) in [4.78, 5) is 34.2. The fraction of sp³-hybridized carbons (Fsp3) is 0.792. The van der Waals surface area contributed by atoms with Gasteiger partial charge in [0.25, 0.3) is 0 Å². The van der Waals surface area contributed by atoms with E-state index in [1.807, 2.05) is 0 Å². The lowest BCUT2D eigenvalue weighted by molar-refractivity contribution is -0.144. The van der Waals surface area contributed by atoms with Gasteiger partial charge < -0.3 is 15.2 Å². The van der Waals surface area contributed by atoms with Crippen LogP contribution in [0.3, 0.4) is 0 Å². The third-order valence-corrected chi connectivity index (χ3v) is 5.16. The lowest BCUT2D eigenvalue weighted by Gasteiger charge is -2.13. The standard InChI is InChI=1S/C24H43NO5/c1-3-4-5-6-7-8-9-10-11-12-13-14-15-16-17-18-22(26)25-21(24(28)29)19-20-23(27)30-2/h10-11,21H,3-9,12-20H2,1-2H3,(H,25,26)(H,28,29)/b11-10-/t21-/m0/s1. The Morgan fingerprint density at radius 3 is 1.90 bits per heavy atom. The third kappa shape index (κ3) is 18.2. The summed E-state index contributed by atoms with van der Waals surface area (Å²) < 4.78 is 4.50. The average molecular weight is 426 g/mol. The summed E-state index contributed by atoms with van der Waals surface area (Å²) in [6.07, 6.45) is 20.4. The van der Waals surface area contributed by atoms with Crippen LogP contribution in [0, 0.1) is 0 Å². The smallest absolute Gasteiger partial charge is 0.326 e. The van der Waals surface area contributed by atoms with Gasteiger partial charge in [-0.15, -0.1) is 0 Å². The number of allylic oxidation sites excluding steroid dienone is 2. The maximum Gasteiger partial charge on any atom is 0.326 e. The zero-order valence-electron chi connectivity index (χ0n) is 19.1. The van der Waals surface area contributed by atoms with Gasteiger partial charge >= 0.3 is 11.9 Å². The number of hydrogen-bond acceptors (Lipinski definition) is 4. The number of carbonyl (C=O) groups excluding carboxylic acids is 2. The van der Waals surface area contributed by atoms with Crippen molar-refractivity contribution in [3.63, 3.8) is 0 Å². The van der Waals surface area contributed by atoms with Gasteiger partial charge in [0.05, 0.1) is 7.11 Å². The highest BCUT2D eigenvalue weighted by atomic mass is 16.5. The molecule has 0 aliphatic carbocycles. The van der Waals surface area contributed by atoms with Crippen LogP contribution in [0.1, 0.15) is 110 Å². The quantitative estimate of drug-likeness (QED) is 0.152. The summed E-state index contributed by atoms with van der Waals surface area (Å²) in [5.41, 5.74) is 0. The number of nitrogens with one attached hydrogen (secondary N) is 1. The lowest BCUT2D eigenvalue weighted by Crippen LogP contribution is -2.41. The Labute approximate surface area is 182 Å². The molecule has 1 atom stereocenters. The zero-order valence-corrected chi connectivity index (χ0v) is 19.1. The Morgan fingerprint density at radius 1 is 0.833 bits per heavy atom. The molecular weight excluding hydrogens is 382 g/mol. The molecule has 0 fully saturated rings. The predicted molar refractivity (Wildman–Crippen MR) is 120 cm³/mol. The topological polar surface area (TPSA) is 92.7 Å². The Morgan fingerprint density at radius 2 is 1.37 bits per heavy atom. The lowest BCUT2D eigenvalue weighted by atomic mass is 10.1. The second-order valence-electron chi connectivity index (χ2n) is 7.91. The molecule has 0 aromatic carbocycles. The minimum absolute atomic E-state index is 0.0266. The predicted octanol–water partition coefficient (Wildman–Crippen LogP) is 5.55. The molecule has 0 aromatic heterocycles. The molecule has 0 radical (unpaired) electrons. The third-order valence-electron chi connectivity index (χ3n) is 5.16. The van der Waals surface area contributed by atoms with Crippen molar-refractivity contribution in [1.82, 2.24) is 5.32 Å². The van der Waals surface area contributed by atoms with Gasteiger partial charge in [-0.3, -0.25) is 9.59 Å². The molecule has 0 saturated heterocycles. The van der Waals surface area contributed by atoms with Crippen LogP contribution in [0.5, 0.6) is 0 Å². The van der Waals surface area contributed by atoms with Crippen LogP contribution >= 0.6 is 0 Å². The van der Waals surface area contributed by atoms with Gasteiger partial charge in [0.15, 0.2) is 0 Å². The van der Waals surface area contributed by atoms with E-state index in [0.717, 1.165) is 32.1 Å². The monoisotopic (exact) mass is 425 g/mol. The van der Waals surface area contributed by atoms with Crippen LogP contribution in [0.25, 0.3) is 0 Å². The molecule has 6 nitrogen and oxygen atoms in total. The van der Waals surface area contributed by atoms with E-state index in [0.29, 0.717) is 6.42 Å². The summed E-state index contributed by atoms with van der Waals surface area (Å²) in [5.74, 6) is -1.88. The van der Waals surface area contributed by atoms with Crippen molar-refractivity contribution in [2.45, 2.75) is 116 Å². The number of hydrogen-bond donors (Lipinski definition) is 2. The number of ether oxygens (including phenoxy) is 1. The molecule has 30 heavy (non-hydrogen) atoms. The van der Waals surface area contributed by atoms with Crippen molar-refractivity contribution >= 4 is 17.8 Å². The summed E-state index contributed by atoms with van der Waals surface area (Å²) in [6, 6.07) is -1.04. The molecule has 0 aliphatic rings. The molecular formula is C24H43NO5. The second-order valence-corrected chi connectivity index (χ2v) is 7.91. The van der Waals surface area contributed by atoms with Crippen molar-refractivity contribution in [3.8, 4) is 0 Å². The van der Waals surface area contributed by atoms with Crippen molar-refractivity contribution in [2.75, 3.05) is 7.11 Å². The summed E-state index contributed by atoms with van der Waals surface area (Å²) in [6.45, 7) is 2.24. The van der Waals surface area contributed by atoms with Gasteiger partial charge in [0, 0.05) is 12.8 Å².